The smallest absolute Gasteiger partial charge is 0.404 e. The van der Waals surface area contributed by atoms with Crippen LogP contribution >= 0.6 is 15.9 Å². The van der Waals surface area contributed by atoms with Crippen LogP contribution in [0.4, 0.5) is 10.6 Å². The van der Waals surface area contributed by atoms with Gasteiger partial charge < -0.3 is 15.3 Å². The summed E-state index contributed by atoms with van der Waals surface area (Å²) in [5.41, 5.74) is 0. The van der Waals surface area contributed by atoms with E-state index in [1.165, 1.54) is 0 Å². The summed E-state index contributed by atoms with van der Waals surface area (Å²) >= 11 is 3.33. The molecule has 1 atom stereocenters. The van der Waals surface area contributed by atoms with E-state index < -0.39 is 6.09 Å². The highest BCUT2D eigenvalue weighted by atomic mass is 79.9. The molecule has 0 bridgehead atoms. The van der Waals surface area contributed by atoms with Gasteiger partial charge in [0.05, 0.1) is 6.04 Å². The predicted octanol–water partition coefficient (Wildman–Crippen LogP) is 1.69. The molecule has 0 unspecified atom stereocenters. The molecular weight excluding hydrogens is 274 g/mol. The third-order valence-electron chi connectivity index (χ3n) is 2.55. The first kappa shape index (κ1) is 11.2. The summed E-state index contributed by atoms with van der Waals surface area (Å²) < 4.78 is 0.940. The van der Waals surface area contributed by atoms with E-state index in [1.807, 2.05) is 12.1 Å². The molecule has 16 heavy (non-hydrogen) atoms. The molecule has 1 aliphatic heterocycles. The summed E-state index contributed by atoms with van der Waals surface area (Å²) in [4.78, 5) is 16.8. The number of hydrogen-bond donors (Lipinski definition) is 2. The first-order valence-corrected chi connectivity index (χ1v) is 5.80. The van der Waals surface area contributed by atoms with Gasteiger partial charge in [-0.25, -0.2) is 9.78 Å². The minimum atomic E-state index is -0.962. The van der Waals surface area contributed by atoms with Crippen molar-refractivity contribution in [3.8, 4) is 0 Å². The van der Waals surface area contributed by atoms with Gasteiger partial charge in [-0.1, -0.05) is 0 Å². The lowest BCUT2D eigenvalue weighted by Crippen LogP contribution is -2.36. The minimum absolute atomic E-state index is 0.00273. The van der Waals surface area contributed by atoms with Crippen LogP contribution in [0.5, 0.6) is 0 Å². The van der Waals surface area contributed by atoms with E-state index in [9.17, 15) is 4.79 Å². The third-order valence-corrected chi connectivity index (χ3v) is 3.02. The van der Waals surface area contributed by atoms with Gasteiger partial charge in [-0.15, -0.1) is 0 Å². The second-order valence-electron chi connectivity index (χ2n) is 3.72. The van der Waals surface area contributed by atoms with Crippen LogP contribution in [0.25, 0.3) is 0 Å². The van der Waals surface area contributed by atoms with Crippen molar-refractivity contribution in [2.24, 2.45) is 0 Å². The Hall–Kier alpha value is -1.30. The van der Waals surface area contributed by atoms with Crippen molar-refractivity contribution >= 4 is 27.8 Å². The number of nitrogens with one attached hydrogen (secondary N) is 1. The fourth-order valence-corrected chi connectivity index (χ4v) is 2.05. The molecule has 0 aliphatic carbocycles. The van der Waals surface area contributed by atoms with Crippen molar-refractivity contribution in [1.29, 1.82) is 0 Å². The molecule has 6 heteroatoms. The molecule has 0 radical (unpaired) electrons. The first-order valence-electron chi connectivity index (χ1n) is 5.01. The number of anilines is 1. The second kappa shape index (κ2) is 4.69. The van der Waals surface area contributed by atoms with Gasteiger partial charge >= 0.3 is 6.09 Å². The lowest BCUT2D eigenvalue weighted by molar-refractivity contribution is 0.191. The summed E-state index contributed by atoms with van der Waals surface area (Å²) in [6, 6.07) is 3.86. The molecule has 2 heterocycles. The van der Waals surface area contributed by atoms with Gasteiger partial charge in [0.15, 0.2) is 0 Å². The van der Waals surface area contributed by atoms with Crippen molar-refractivity contribution in [3.63, 3.8) is 0 Å². The number of amides is 1. The fourth-order valence-electron chi connectivity index (χ4n) is 1.82. The molecular formula is C10H12BrN3O2. The number of rotatable bonds is 2. The molecule has 1 amide bonds. The minimum Gasteiger partial charge on any atom is -0.465 e. The predicted molar refractivity (Wildman–Crippen MR) is 63.7 cm³/mol. The standard InChI is InChI=1S/C10H12BrN3O2/c11-7-1-2-9(12-5-7)14-4-3-8(6-14)13-10(15)16/h1-2,5,8,13H,3-4,6H2,(H,15,16)/t8-/m0/s1. The molecule has 2 N–H and O–H groups in total. The molecule has 0 aromatic carbocycles. The molecule has 1 aromatic rings. The van der Waals surface area contributed by atoms with E-state index in [-0.39, 0.29) is 6.04 Å². The number of carboxylic acid groups (broad SMARTS) is 1. The SMILES string of the molecule is O=C(O)N[C@H]1CCN(c2ccc(Br)cn2)C1. The zero-order valence-corrected chi connectivity index (χ0v) is 10.1. The van der Waals surface area contributed by atoms with Crippen molar-refractivity contribution in [2.75, 3.05) is 18.0 Å². The number of carbonyl (C=O) groups is 1. The molecule has 0 spiro atoms. The maximum atomic E-state index is 10.5. The highest BCUT2D eigenvalue weighted by Crippen LogP contribution is 2.19. The Kier molecular flexibility index (Phi) is 3.28. The number of aromatic nitrogens is 1. The summed E-state index contributed by atoms with van der Waals surface area (Å²) in [5.74, 6) is 0.887. The molecule has 2 rings (SSSR count). The Morgan fingerprint density at radius 3 is 3.06 bits per heavy atom. The monoisotopic (exact) mass is 285 g/mol. The van der Waals surface area contributed by atoms with Crippen LogP contribution < -0.4 is 10.2 Å². The lowest BCUT2D eigenvalue weighted by atomic mass is 10.3. The van der Waals surface area contributed by atoms with Crippen molar-refractivity contribution in [3.05, 3.63) is 22.8 Å². The van der Waals surface area contributed by atoms with Crippen molar-refractivity contribution in [1.82, 2.24) is 10.3 Å². The summed E-state index contributed by atoms with van der Waals surface area (Å²) in [7, 11) is 0. The van der Waals surface area contributed by atoms with Gasteiger partial charge in [0.2, 0.25) is 0 Å². The van der Waals surface area contributed by atoms with Gasteiger partial charge in [-0.05, 0) is 34.5 Å². The molecule has 1 fully saturated rings. The van der Waals surface area contributed by atoms with Crippen molar-refractivity contribution in [2.45, 2.75) is 12.5 Å². The fraction of sp³-hybridized carbons (Fsp3) is 0.400. The topological polar surface area (TPSA) is 65.5 Å². The van der Waals surface area contributed by atoms with Crippen LogP contribution in [0.1, 0.15) is 6.42 Å². The Balaban J connectivity index is 1.98. The normalized spacial score (nSPS) is 19.8. The van der Waals surface area contributed by atoms with Crippen LogP contribution in [0.3, 0.4) is 0 Å². The van der Waals surface area contributed by atoms with E-state index in [0.29, 0.717) is 6.54 Å². The Labute approximate surface area is 102 Å². The van der Waals surface area contributed by atoms with Gasteiger partial charge in [-0.2, -0.15) is 0 Å². The summed E-state index contributed by atoms with van der Waals surface area (Å²) in [6.45, 7) is 1.51. The van der Waals surface area contributed by atoms with E-state index >= 15 is 0 Å². The van der Waals surface area contributed by atoms with Crippen LogP contribution in [0, 0.1) is 0 Å². The van der Waals surface area contributed by atoms with Crippen LogP contribution in [-0.2, 0) is 0 Å². The Bertz CT molecular complexity index is 382. The van der Waals surface area contributed by atoms with E-state index in [4.69, 9.17) is 5.11 Å². The summed E-state index contributed by atoms with van der Waals surface area (Å²) in [6.07, 6.45) is 1.60. The maximum Gasteiger partial charge on any atom is 0.404 e. The molecule has 0 saturated carbocycles. The third kappa shape index (κ3) is 2.63. The van der Waals surface area contributed by atoms with Crippen LogP contribution in [0.15, 0.2) is 22.8 Å². The maximum absolute atomic E-state index is 10.5. The number of halogens is 1. The van der Waals surface area contributed by atoms with Crippen LogP contribution in [0.2, 0.25) is 0 Å². The largest absolute Gasteiger partial charge is 0.465 e. The van der Waals surface area contributed by atoms with E-state index in [0.717, 1.165) is 23.3 Å². The van der Waals surface area contributed by atoms with Crippen molar-refractivity contribution < 1.29 is 9.90 Å². The second-order valence-corrected chi connectivity index (χ2v) is 4.63. The van der Waals surface area contributed by atoms with Gasteiger partial charge in [0.25, 0.3) is 0 Å². The quantitative estimate of drug-likeness (QED) is 0.868. The average Bonchev–Trinajstić information content (AvgIpc) is 2.66. The van der Waals surface area contributed by atoms with E-state index in [2.05, 4.69) is 31.1 Å². The molecule has 1 aliphatic rings. The highest BCUT2D eigenvalue weighted by molar-refractivity contribution is 9.10. The molecule has 86 valence electrons. The number of nitrogens with zero attached hydrogens (tertiary/aromatic N) is 2. The number of hydrogen-bond acceptors (Lipinski definition) is 3. The Morgan fingerprint density at radius 1 is 1.62 bits per heavy atom. The zero-order valence-electron chi connectivity index (χ0n) is 8.56. The first-order chi connectivity index (χ1) is 7.65. The van der Waals surface area contributed by atoms with Crippen LogP contribution in [-0.4, -0.2) is 35.3 Å². The van der Waals surface area contributed by atoms with E-state index in [1.54, 1.807) is 6.20 Å². The molecule has 1 aromatic heterocycles. The van der Waals surface area contributed by atoms with Gasteiger partial charge in [0.1, 0.15) is 5.82 Å². The molecule has 5 nitrogen and oxygen atoms in total. The van der Waals surface area contributed by atoms with Gasteiger partial charge in [0, 0.05) is 23.8 Å². The van der Waals surface area contributed by atoms with Gasteiger partial charge in [-0.3, -0.25) is 0 Å². The average molecular weight is 286 g/mol. The highest BCUT2D eigenvalue weighted by Gasteiger charge is 2.24. The lowest BCUT2D eigenvalue weighted by Gasteiger charge is -2.17. The molecule has 1 saturated heterocycles. The summed E-state index contributed by atoms with van der Waals surface area (Å²) in [5, 5.41) is 11.1. The zero-order chi connectivity index (χ0) is 11.5. The number of pyridine rings is 1. The Morgan fingerprint density at radius 2 is 2.44 bits per heavy atom.